The van der Waals surface area contributed by atoms with Crippen molar-refractivity contribution in [3.8, 4) is 0 Å². The molecule has 0 aliphatic rings. The van der Waals surface area contributed by atoms with Gasteiger partial charge in [0.25, 0.3) is 0 Å². The number of nitrogens with zero attached hydrogens (tertiary/aromatic N) is 1. The Morgan fingerprint density at radius 1 is 1.44 bits per heavy atom. The summed E-state index contributed by atoms with van der Waals surface area (Å²) in [5, 5.41) is 16.2. The van der Waals surface area contributed by atoms with Gasteiger partial charge in [0.15, 0.2) is 0 Å². The molecule has 0 saturated heterocycles. The lowest BCUT2D eigenvalue weighted by Gasteiger charge is -2.24. The van der Waals surface area contributed by atoms with Crippen LogP contribution in [0, 0.1) is 10.8 Å². The van der Waals surface area contributed by atoms with Crippen molar-refractivity contribution in [2.45, 2.75) is 38.4 Å². The second-order valence-corrected chi connectivity index (χ2v) is 4.06. The fourth-order valence-corrected chi connectivity index (χ4v) is 1.30. The summed E-state index contributed by atoms with van der Waals surface area (Å²) in [5.74, 6) is -0.578. The summed E-state index contributed by atoms with van der Waals surface area (Å²) in [7, 11) is 0. The van der Waals surface area contributed by atoms with Crippen LogP contribution in [0.2, 0.25) is 0 Å². The predicted octanol–water partition coefficient (Wildman–Crippen LogP) is 1.68. The number of rotatable bonds is 5. The molecule has 0 amide bonds. The van der Waals surface area contributed by atoms with Gasteiger partial charge in [-0.1, -0.05) is 6.92 Å². The molecule has 0 aromatic heterocycles. The summed E-state index contributed by atoms with van der Waals surface area (Å²) < 4.78 is 35.8. The van der Waals surface area contributed by atoms with Crippen LogP contribution >= 0.6 is 0 Å². The molecule has 104 valence electrons. The second-order valence-electron chi connectivity index (χ2n) is 4.06. The number of alkyl halides is 3. The minimum atomic E-state index is -4.39. The topological polar surface area (TPSA) is 98.1 Å². The Kier molecular flexibility index (Phi) is 5.96. The largest absolute Gasteiger partial charge is 0.405 e. The molecule has 0 aliphatic carbocycles. The van der Waals surface area contributed by atoms with Gasteiger partial charge < -0.3 is 16.5 Å². The van der Waals surface area contributed by atoms with Gasteiger partial charge in [-0.05, 0) is 19.6 Å². The maximum Gasteiger partial charge on any atom is 0.405 e. The molecule has 0 spiro atoms. The molecule has 1 unspecified atom stereocenters. The normalized spacial score (nSPS) is 16.0. The molecule has 1 atom stereocenters. The molecule has 8 heteroatoms. The zero-order valence-electron chi connectivity index (χ0n) is 10.4. The lowest BCUT2D eigenvalue weighted by molar-refractivity contribution is -0.122. The third kappa shape index (κ3) is 6.33. The predicted molar refractivity (Wildman–Crippen MR) is 65.5 cm³/mol. The highest BCUT2D eigenvalue weighted by atomic mass is 19.4. The van der Waals surface area contributed by atoms with Crippen LogP contribution < -0.4 is 11.1 Å². The maximum atomic E-state index is 11.9. The first-order valence-electron chi connectivity index (χ1n) is 5.37. The zero-order valence-corrected chi connectivity index (χ0v) is 10.4. The number of nitrogens with one attached hydrogen (secondary N) is 3. The fourth-order valence-electron chi connectivity index (χ4n) is 1.30. The first-order valence-corrected chi connectivity index (χ1v) is 5.37. The summed E-state index contributed by atoms with van der Waals surface area (Å²) in [6, 6.07) is 0. The number of nitrogens with two attached hydrogens (primary N) is 1. The van der Waals surface area contributed by atoms with Gasteiger partial charge in [-0.15, -0.1) is 0 Å². The van der Waals surface area contributed by atoms with E-state index in [4.69, 9.17) is 16.6 Å². The Balaban J connectivity index is 4.70. The van der Waals surface area contributed by atoms with Crippen LogP contribution in [0.5, 0.6) is 0 Å². The first-order chi connectivity index (χ1) is 8.12. The average molecular weight is 265 g/mol. The van der Waals surface area contributed by atoms with Gasteiger partial charge in [-0.2, -0.15) is 13.2 Å². The van der Waals surface area contributed by atoms with E-state index in [1.165, 1.54) is 0 Å². The summed E-state index contributed by atoms with van der Waals surface area (Å²) >= 11 is 0. The molecular weight excluding hydrogens is 247 g/mol. The van der Waals surface area contributed by atoms with Crippen molar-refractivity contribution in [2.24, 2.45) is 10.7 Å². The summed E-state index contributed by atoms with van der Waals surface area (Å²) in [6.07, 6.45) is -2.67. The van der Waals surface area contributed by atoms with Gasteiger partial charge in [-0.25, -0.2) is 4.99 Å². The summed E-state index contributed by atoms with van der Waals surface area (Å²) in [5.41, 5.74) is 5.34. The molecule has 0 aromatic rings. The molecule has 0 fully saturated rings. The van der Waals surface area contributed by atoms with E-state index in [0.717, 1.165) is 6.21 Å². The van der Waals surface area contributed by atoms with Gasteiger partial charge in [0.05, 0.1) is 5.54 Å². The van der Waals surface area contributed by atoms with E-state index in [-0.39, 0.29) is 6.42 Å². The van der Waals surface area contributed by atoms with Gasteiger partial charge in [0.2, 0.25) is 5.96 Å². The van der Waals surface area contributed by atoms with Crippen molar-refractivity contribution in [3.63, 3.8) is 0 Å². The quantitative estimate of drug-likeness (QED) is 0.449. The Bertz CT molecular complexity index is 333. The van der Waals surface area contributed by atoms with Crippen molar-refractivity contribution in [3.05, 3.63) is 0 Å². The van der Waals surface area contributed by atoms with Crippen LogP contribution in [0.4, 0.5) is 13.2 Å². The van der Waals surface area contributed by atoms with Crippen molar-refractivity contribution in [1.29, 1.82) is 10.8 Å². The molecule has 0 heterocycles. The minimum absolute atomic E-state index is 0.215. The lowest BCUT2D eigenvalue weighted by Crippen LogP contribution is -2.46. The Labute approximate surface area is 104 Å². The zero-order chi connectivity index (χ0) is 14.4. The van der Waals surface area contributed by atoms with Crippen LogP contribution in [0.15, 0.2) is 4.99 Å². The Morgan fingerprint density at radius 3 is 2.39 bits per heavy atom. The van der Waals surface area contributed by atoms with E-state index >= 15 is 0 Å². The van der Waals surface area contributed by atoms with E-state index < -0.39 is 24.2 Å². The average Bonchev–Trinajstić information content (AvgIpc) is 2.21. The molecule has 5 nitrogen and oxygen atoms in total. The van der Waals surface area contributed by atoms with Crippen LogP contribution in [0.1, 0.15) is 26.7 Å². The fraction of sp³-hybridized carbons (Fsp3) is 0.700. The molecule has 0 saturated carbocycles. The number of aliphatic imine (C=N–C) groups is 1. The Hall–Kier alpha value is -1.44. The van der Waals surface area contributed by atoms with Gasteiger partial charge in [-0.3, -0.25) is 5.41 Å². The van der Waals surface area contributed by atoms with E-state index in [1.807, 2.05) is 5.32 Å². The molecule has 0 aromatic carbocycles. The van der Waals surface area contributed by atoms with Crippen LogP contribution in [-0.4, -0.2) is 36.1 Å². The highest BCUT2D eigenvalue weighted by molar-refractivity contribution is 6.02. The third-order valence-electron chi connectivity index (χ3n) is 2.22. The highest BCUT2D eigenvalue weighted by Gasteiger charge is 2.28. The van der Waals surface area contributed by atoms with E-state index in [1.54, 1.807) is 13.8 Å². The van der Waals surface area contributed by atoms with Crippen LogP contribution in [0.25, 0.3) is 0 Å². The molecule has 18 heavy (non-hydrogen) atoms. The maximum absolute atomic E-state index is 11.9. The van der Waals surface area contributed by atoms with Gasteiger partial charge >= 0.3 is 6.18 Å². The minimum Gasteiger partial charge on any atom is -0.346 e. The highest BCUT2D eigenvalue weighted by Crippen LogP contribution is 2.13. The monoisotopic (exact) mass is 265 g/mol. The number of guanidine groups is 1. The third-order valence-corrected chi connectivity index (χ3v) is 2.22. The number of halogens is 3. The van der Waals surface area contributed by atoms with Gasteiger partial charge in [0.1, 0.15) is 6.54 Å². The second kappa shape index (κ2) is 6.48. The van der Waals surface area contributed by atoms with E-state index in [0.29, 0.717) is 12.1 Å². The molecule has 0 bridgehead atoms. The standard InChI is InChI=1S/C10H18F3N5/c1-3-7(9(2,16)4-5-14)18-8(15)17-6-10(11,12)13/h5,14H,3-4,6,16H2,1-2H3,(H2,15,17)/b14-5?,18-7-. The molecule has 5 N–H and O–H groups in total. The Morgan fingerprint density at radius 2 is 2.00 bits per heavy atom. The van der Waals surface area contributed by atoms with Crippen molar-refractivity contribution in [2.75, 3.05) is 6.54 Å². The molecule has 0 rings (SSSR count). The molecule has 0 aliphatic heterocycles. The number of hydrogen-bond acceptors (Lipinski definition) is 3. The first kappa shape index (κ1) is 16.6. The SMILES string of the molecule is CC/C(=N/C(=N)NCC(F)(F)F)C(C)(N)CC=N. The van der Waals surface area contributed by atoms with E-state index in [2.05, 4.69) is 4.99 Å². The summed E-state index contributed by atoms with van der Waals surface area (Å²) in [6.45, 7) is 2.06. The van der Waals surface area contributed by atoms with E-state index in [9.17, 15) is 13.2 Å². The lowest BCUT2D eigenvalue weighted by atomic mass is 9.91. The van der Waals surface area contributed by atoms with Crippen LogP contribution in [0.3, 0.4) is 0 Å². The molecule has 0 radical (unpaired) electrons. The van der Waals surface area contributed by atoms with Gasteiger partial charge in [0, 0.05) is 12.1 Å². The van der Waals surface area contributed by atoms with Crippen LogP contribution in [-0.2, 0) is 0 Å². The van der Waals surface area contributed by atoms with Crippen molar-refractivity contribution in [1.82, 2.24) is 5.32 Å². The summed E-state index contributed by atoms with van der Waals surface area (Å²) in [4.78, 5) is 3.75. The van der Waals surface area contributed by atoms with Crippen molar-refractivity contribution >= 4 is 17.9 Å². The number of hydrogen-bond donors (Lipinski definition) is 4. The smallest absolute Gasteiger partial charge is 0.346 e. The molecular formula is C10H18F3N5. The van der Waals surface area contributed by atoms with Crippen molar-refractivity contribution < 1.29 is 13.2 Å².